The van der Waals surface area contributed by atoms with Gasteiger partial charge in [0.2, 0.25) is 20.0 Å². The van der Waals surface area contributed by atoms with Crippen LogP contribution in [0.4, 0.5) is 0 Å². The Labute approximate surface area is 209 Å². The molecule has 2 N–H and O–H groups in total. The van der Waals surface area contributed by atoms with Crippen LogP contribution in [0.1, 0.15) is 23.1 Å². The van der Waals surface area contributed by atoms with Crippen LogP contribution in [0.5, 0.6) is 0 Å². The predicted octanol–water partition coefficient (Wildman–Crippen LogP) is 3.45. The van der Waals surface area contributed by atoms with Crippen LogP contribution < -0.4 is 9.44 Å². The molecule has 0 aliphatic heterocycles. The Hall–Kier alpha value is -2.56. The molecule has 7 nitrogen and oxygen atoms in total. The first-order valence-electron chi connectivity index (χ1n) is 11.5. The first-order chi connectivity index (χ1) is 16.7. The third-order valence-corrected chi connectivity index (χ3v) is 8.53. The van der Waals surface area contributed by atoms with E-state index in [1.807, 2.05) is 44.2 Å². The van der Waals surface area contributed by atoms with Crippen LogP contribution in [0.2, 0.25) is 0 Å². The monoisotopic (exact) mass is 515 g/mol. The molecule has 0 atom stereocenters. The lowest BCUT2D eigenvalue weighted by Gasteiger charge is -2.23. The normalized spacial score (nSPS) is 12.2. The highest BCUT2D eigenvalue weighted by Gasteiger charge is 2.16. The Kier molecular flexibility index (Phi) is 9.59. The molecule has 0 unspecified atom stereocenters. The summed E-state index contributed by atoms with van der Waals surface area (Å²) in [6, 6.07) is 23.4. The molecule has 0 spiro atoms. The number of aryl methyl sites for hydroxylation is 2. The highest BCUT2D eigenvalue weighted by atomic mass is 32.2. The van der Waals surface area contributed by atoms with Gasteiger partial charge in [-0.15, -0.1) is 0 Å². The van der Waals surface area contributed by atoms with Crippen molar-refractivity contribution in [3.05, 3.63) is 95.6 Å². The van der Waals surface area contributed by atoms with Crippen LogP contribution in [0, 0.1) is 13.8 Å². The van der Waals surface area contributed by atoms with Crippen molar-refractivity contribution in [1.29, 1.82) is 0 Å². The maximum Gasteiger partial charge on any atom is 0.240 e. The van der Waals surface area contributed by atoms with Crippen LogP contribution in [-0.4, -0.2) is 47.9 Å². The van der Waals surface area contributed by atoms with Gasteiger partial charge in [0.05, 0.1) is 9.79 Å². The fourth-order valence-electron chi connectivity index (χ4n) is 3.56. The number of nitrogens with one attached hydrogen (secondary N) is 2. The van der Waals surface area contributed by atoms with Crippen LogP contribution in [-0.2, 0) is 26.6 Å². The first-order valence-corrected chi connectivity index (χ1v) is 14.5. The van der Waals surface area contributed by atoms with E-state index in [-0.39, 0.29) is 22.9 Å². The molecule has 0 saturated carbocycles. The van der Waals surface area contributed by atoms with E-state index >= 15 is 0 Å². The lowest BCUT2D eigenvalue weighted by Crippen LogP contribution is -2.36. The summed E-state index contributed by atoms with van der Waals surface area (Å²) in [4.78, 5) is 2.60. The molecule has 0 bridgehead atoms. The van der Waals surface area contributed by atoms with Crippen molar-refractivity contribution < 1.29 is 16.8 Å². The molecule has 0 fully saturated rings. The Bertz CT molecular complexity index is 1280. The molecule has 0 heterocycles. The van der Waals surface area contributed by atoms with Crippen molar-refractivity contribution in [3.63, 3.8) is 0 Å². The Balaban J connectivity index is 1.55. The average molecular weight is 516 g/mol. The van der Waals surface area contributed by atoms with Crippen molar-refractivity contribution >= 4 is 20.0 Å². The molecule has 0 radical (unpaired) electrons. The number of benzene rings is 3. The van der Waals surface area contributed by atoms with Gasteiger partial charge in [0.25, 0.3) is 0 Å². The molecule has 188 valence electrons. The topological polar surface area (TPSA) is 95.6 Å². The first kappa shape index (κ1) is 27.0. The maximum absolute atomic E-state index is 12.6. The lowest BCUT2D eigenvalue weighted by molar-refractivity contribution is 0.267. The molecule has 0 saturated heterocycles. The highest BCUT2D eigenvalue weighted by Crippen LogP contribution is 2.11. The van der Waals surface area contributed by atoms with Gasteiger partial charge in [0.1, 0.15) is 0 Å². The zero-order valence-electron chi connectivity index (χ0n) is 20.1. The van der Waals surface area contributed by atoms with E-state index in [1.165, 1.54) is 0 Å². The highest BCUT2D eigenvalue weighted by molar-refractivity contribution is 7.89. The molecule has 0 aromatic heterocycles. The van der Waals surface area contributed by atoms with Gasteiger partial charge < -0.3 is 0 Å². The van der Waals surface area contributed by atoms with Crippen molar-refractivity contribution in [1.82, 2.24) is 14.3 Å². The van der Waals surface area contributed by atoms with Crippen molar-refractivity contribution in [3.8, 4) is 0 Å². The van der Waals surface area contributed by atoms with E-state index in [0.717, 1.165) is 16.7 Å². The van der Waals surface area contributed by atoms with E-state index < -0.39 is 20.0 Å². The summed E-state index contributed by atoms with van der Waals surface area (Å²) in [5.74, 6) is 0. The zero-order chi connectivity index (χ0) is 25.3. The molecular weight excluding hydrogens is 482 g/mol. The molecule has 3 aromatic carbocycles. The second-order valence-electron chi connectivity index (χ2n) is 8.54. The maximum atomic E-state index is 12.6. The van der Waals surface area contributed by atoms with Gasteiger partial charge in [-0.25, -0.2) is 26.3 Å². The molecule has 3 aromatic rings. The summed E-state index contributed by atoms with van der Waals surface area (Å²) in [5, 5.41) is 0. The van der Waals surface area contributed by atoms with E-state index in [0.29, 0.717) is 26.1 Å². The standard InChI is InChI=1S/C26H33N3O4S2/c1-22-9-13-25(14-10-22)34(30,31)27-17-6-19-29(21-24-7-4-3-5-8-24)20-18-28-35(32,33)26-15-11-23(2)12-16-26/h3-5,7-16,27-28H,6,17-21H2,1-2H3. The van der Waals surface area contributed by atoms with Gasteiger partial charge in [-0.3, -0.25) is 4.90 Å². The molecule has 35 heavy (non-hydrogen) atoms. The second kappa shape index (κ2) is 12.4. The molecule has 3 rings (SSSR count). The van der Waals surface area contributed by atoms with E-state index in [1.54, 1.807) is 48.5 Å². The lowest BCUT2D eigenvalue weighted by atomic mass is 10.2. The summed E-state index contributed by atoms with van der Waals surface area (Å²) < 4.78 is 55.6. The fraction of sp³-hybridized carbons (Fsp3) is 0.308. The van der Waals surface area contributed by atoms with Gasteiger partial charge in [-0.05, 0) is 56.6 Å². The summed E-state index contributed by atoms with van der Waals surface area (Å²) in [6.07, 6.45) is 0.586. The number of nitrogens with zero attached hydrogens (tertiary/aromatic N) is 1. The smallest absolute Gasteiger partial charge is 0.240 e. The van der Waals surface area contributed by atoms with E-state index in [4.69, 9.17) is 0 Å². The zero-order valence-corrected chi connectivity index (χ0v) is 21.8. The van der Waals surface area contributed by atoms with Gasteiger partial charge in [-0.2, -0.15) is 0 Å². The third kappa shape index (κ3) is 8.55. The Morgan fingerprint density at radius 2 is 1.11 bits per heavy atom. The summed E-state index contributed by atoms with van der Waals surface area (Å²) in [7, 11) is -7.16. The fourth-order valence-corrected chi connectivity index (χ4v) is 5.66. The molecule has 0 aliphatic carbocycles. The van der Waals surface area contributed by atoms with E-state index in [9.17, 15) is 16.8 Å². The van der Waals surface area contributed by atoms with Crippen LogP contribution in [0.3, 0.4) is 0 Å². The SMILES string of the molecule is Cc1ccc(S(=O)(=O)NCCCN(CCNS(=O)(=O)c2ccc(C)cc2)Cc2ccccc2)cc1. The average Bonchev–Trinajstić information content (AvgIpc) is 2.83. The summed E-state index contributed by atoms with van der Waals surface area (Å²) in [5.41, 5.74) is 3.10. The minimum absolute atomic E-state index is 0.239. The summed E-state index contributed by atoms with van der Waals surface area (Å²) >= 11 is 0. The number of hydrogen-bond acceptors (Lipinski definition) is 5. The van der Waals surface area contributed by atoms with Crippen molar-refractivity contribution in [2.24, 2.45) is 0 Å². The van der Waals surface area contributed by atoms with Gasteiger partial charge >= 0.3 is 0 Å². The molecule has 0 aliphatic rings. The van der Waals surface area contributed by atoms with Crippen LogP contribution in [0.25, 0.3) is 0 Å². The van der Waals surface area contributed by atoms with E-state index in [2.05, 4.69) is 14.3 Å². The Morgan fingerprint density at radius 1 is 0.629 bits per heavy atom. The van der Waals surface area contributed by atoms with Gasteiger partial charge in [0.15, 0.2) is 0 Å². The van der Waals surface area contributed by atoms with Crippen molar-refractivity contribution in [2.75, 3.05) is 26.2 Å². The predicted molar refractivity (Wildman–Crippen MR) is 139 cm³/mol. The minimum Gasteiger partial charge on any atom is -0.298 e. The third-order valence-electron chi connectivity index (χ3n) is 5.57. The minimum atomic E-state index is -3.59. The second-order valence-corrected chi connectivity index (χ2v) is 12.1. The molecule has 9 heteroatoms. The summed E-state index contributed by atoms with van der Waals surface area (Å²) in [6.45, 7) is 6.09. The van der Waals surface area contributed by atoms with Gasteiger partial charge in [0, 0.05) is 26.2 Å². The van der Waals surface area contributed by atoms with Crippen LogP contribution >= 0.6 is 0 Å². The number of rotatable bonds is 13. The quantitative estimate of drug-likeness (QED) is 0.340. The number of sulfonamides is 2. The molecular formula is C26H33N3O4S2. The Morgan fingerprint density at radius 3 is 1.63 bits per heavy atom. The van der Waals surface area contributed by atoms with Crippen molar-refractivity contribution in [2.45, 2.75) is 36.6 Å². The molecule has 0 amide bonds. The number of hydrogen-bond donors (Lipinski definition) is 2. The largest absolute Gasteiger partial charge is 0.298 e. The van der Waals surface area contributed by atoms with Crippen LogP contribution in [0.15, 0.2) is 88.7 Å². The van der Waals surface area contributed by atoms with Gasteiger partial charge in [-0.1, -0.05) is 65.7 Å².